The number of thioether (sulfide) groups is 1. The Bertz CT molecular complexity index is 991. The van der Waals surface area contributed by atoms with Crippen molar-refractivity contribution in [3.63, 3.8) is 0 Å². The number of nitrogens with zero attached hydrogens (tertiary/aromatic N) is 4. The van der Waals surface area contributed by atoms with Gasteiger partial charge < -0.3 is 9.52 Å². The predicted molar refractivity (Wildman–Crippen MR) is 84.3 cm³/mol. The molecule has 1 N–H and O–H groups in total. The van der Waals surface area contributed by atoms with Gasteiger partial charge in [-0.2, -0.15) is 9.61 Å². The minimum atomic E-state index is -0.891. The quantitative estimate of drug-likeness (QED) is 0.576. The molecule has 7 nitrogen and oxygen atoms in total. The molecule has 1 aromatic carbocycles. The van der Waals surface area contributed by atoms with Crippen LogP contribution in [0.15, 0.2) is 51.9 Å². The topological polar surface area (TPSA) is 93.5 Å². The molecule has 23 heavy (non-hydrogen) atoms. The molecule has 4 aromatic rings. The number of rotatable bonds is 4. The predicted octanol–water partition coefficient (Wildman–Crippen LogP) is 2.71. The molecule has 0 saturated heterocycles. The number of fused-ring (bicyclic) bond motifs is 2. The molecule has 0 aliphatic heterocycles. The number of hydrogen-bond acceptors (Lipinski definition) is 6. The van der Waals surface area contributed by atoms with Gasteiger partial charge in [-0.05, 0) is 24.3 Å². The van der Waals surface area contributed by atoms with Crippen molar-refractivity contribution < 1.29 is 14.3 Å². The van der Waals surface area contributed by atoms with Crippen molar-refractivity contribution in [1.82, 2.24) is 19.8 Å². The van der Waals surface area contributed by atoms with Crippen LogP contribution >= 0.6 is 11.8 Å². The maximum Gasteiger partial charge on any atom is 0.313 e. The van der Waals surface area contributed by atoms with Crippen LogP contribution in [-0.2, 0) is 4.79 Å². The Morgan fingerprint density at radius 1 is 1.22 bits per heavy atom. The molecular weight excluding hydrogens is 316 g/mol. The minimum Gasteiger partial charge on any atom is -0.481 e. The van der Waals surface area contributed by atoms with Crippen molar-refractivity contribution in [2.75, 3.05) is 5.75 Å². The summed E-state index contributed by atoms with van der Waals surface area (Å²) in [7, 11) is 0. The minimum absolute atomic E-state index is 0.0550. The van der Waals surface area contributed by atoms with Crippen LogP contribution in [0.4, 0.5) is 0 Å². The molecule has 3 aromatic heterocycles. The van der Waals surface area contributed by atoms with Gasteiger partial charge in [0, 0.05) is 5.39 Å². The highest BCUT2D eigenvalue weighted by atomic mass is 32.2. The van der Waals surface area contributed by atoms with Gasteiger partial charge >= 0.3 is 5.97 Å². The van der Waals surface area contributed by atoms with Crippen LogP contribution in [0.5, 0.6) is 0 Å². The molecule has 0 amide bonds. The zero-order valence-electron chi connectivity index (χ0n) is 11.7. The average Bonchev–Trinajstić information content (AvgIpc) is 3.15. The summed E-state index contributed by atoms with van der Waals surface area (Å²) in [5.74, 6) is 0.0966. The second-order valence-corrected chi connectivity index (χ2v) is 5.79. The van der Waals surface area contributed by atoms with Crippen LogP contribution in [0, 0.1) is 0 Å². The summed E-state index contributed by atoms with van der Waals surface area (Å²) in [6.45, 7) is 0. The number of para-hydroxylation sites is 1. The molecule has 0 aliphatic rings. The third kappa shape index (κ3) is 2.53. The van der Waals surface area contributed by atoms with E-state index in [4.69, 9.17) is 9.52 Å². The van der Waals surface area contributed by atoms with Gasteiger partial charge in [0.2, 0.25) is 5.82 Å². The fourth-order valence-corrected chi connectivity index (χ4v) is 2.81. The first-order valence-electron chi connectivity index (χ1n) is 6.77. The van der Waals surface area contributed by atoms with Crippen molar-refractivity contribution in [1.29, 1.82) is 0 Å². The molecule has 8 heteroatoms. The fraction of sp³-hybridized carbons (Fsp3) is 0.0667. The van der Waals surface area contributed by atoms with Crippen LogP contribution in [0.25, 0.3) is 28.2 Å². The zero-order valence-corrected chi connectivity index (χ0v) is 12.5. The maximum absolute atomic E-state index is 10.7. The Hall–Kier alpha value is -2.87. The van der Waals surface area contributed by atoms with Crippen molar-refractivity contribution in [3.8, 4) is 11.6 Å². The first-order chi connectivity index (χ1) is 11.2. The number of aliphatic carboxylic acids is 1. The van der Waals surface area contributed by atoms with Crippen LogP contribution in [0.1, 0.15) is 0 Å². The van der Waals surface area contributed by atoms with E-state index in [1.165, 1.54) is 0 Å². The monoisotopic (exact) mass is 326 g/mol. The maximum atomic E-state index is 10.7. The number of carboxylic acid groups (broad SMARTS) is 1. The van der Waals surface area contributed by atoms with Gasteiger partial charge in [0.25, 0.3) is 0 Å². The molecule has 0 aliphatic carbocycles. The van der Waals surface area contributed by atoms with Crippen LogP contribution in [0.3, 0.4) is 0 Å². The second-order valence-electron chi connectivity index (χ2n) is 4.80. The van der Waals surface area contributed by atoms with E-state index < -0.39 is 5.97 Å². The van der Waals surface area contributed by atoms with Crippen molar-refractivity contribution in [2.24, 2.45) is 0 Å². The summed E-state index contributed by atoms with van der Waals surface area (Å²) >= 11 is 1.14. The summed E-state index contributed by atoms with van der Waals surface area (Å²) in [5.41, 5.74) is 1.33. The lowest BCUT2D eigenvalue weighted by Crippen LogP contribution is -2.00. The van der Waals surface area contributed by atoms with Gasteiger partial charge in [-0.1, -0.05) is 30.0 Å². The molecule has 0 radical (unpaired) electrons. The molecule has 3 heterocycles. The third-order valence-corrected chi connectivity index (χ3v) is 4.13. The first kappa shape index (κ1) is 13.8. The van der Waals surface area contributed by atoms with E-state index in [1.807, 2.05) is 30.3 Å². The van der Waals surface area contributed by atoms with Gasteiger partial charge in [0.15, 0.2) is 11.4 Å². The highest BCUT2D eigenvalue weighted by Gasteiger charge is 2.15. The van der Waals surface area contributed by atoms with Crippen LogP contribution < -0.4 is 0 Å². The van der Waals surface area contributed by atoms with E-state index >= 15 is 0 Å². The van der Waals surface area contributed by atoms with Crippen LogP contribution in [-0.4, -0.2) is 36.6 Å². The number of carboxylic acids is 1. The van der Waals surface area contributed by atoms with Crippen molar-refractivity contribution in [3.05, 3.63) is 42.5 Å². The van der Waals surface area contributed by atoms with Gasteiger partial charge in [-0.3, -0.25) is 4.79 Å². The van der Waals surface area contributed by atoms with Crippen molar-refractivity contribution >= 4 is 34.3 Å². The lowest BCUT2D eigenvalue weighted by Gasteiger charge is -1.99. The zero-order chi connectivity index (χ0) is 15.8. The van der Waals surface area contributed by atoms with E-state index in [0.717, 1.165) is 22.7 Å². The van der Waals surface area contributed by atoms with E-state index in [1.54, 1.807) is 16.6 Å². The lowest BCUT2D eigenvalue weighted by molar-refractivity contribution is -0.133. The normalized spacial score (nSPS) is 11.3. The smallest absolute Gasteiger partial charge is 0.313 e. The number of hydrogen-bond donors (Lipinski definition) is 1. The Balaban J connectivity index is 1.79. The molecule has 0 unspecified atom stereocenters. The summed E-state index contributed by atoms with van der Waals surface area (Å²) in [4.78, 5) is 10.7. The number of benzene rings is 1. The van der Waals surface area contributed by atoms with E-state index in [2.05, 4.69) is 15.3 Å². The number of carbonyl (C=O) groups is 1. The van der Waals surface area contributed by atoms with E-state index in [-0.39, 0.29) is 5.75 Å². The van der Waals surface area contributed by atoms with Gasteiger partial charge in [-0.25, -0.2) is 0 Å². The Labute approximate surface area is 133 Å². The largest absolute Gasteiger partial charge is 0.481 e. The second kappa shape index (κ2) is 5.40. The Kier molecular flexibility index (Phi) is 3.23. The molecule has 0 spiro atoms. The van der Waals surface area contributed by atoms with Crippen molar-refractivity contribution in [2.45, 2.75) is 5.03 Å². The number of aromatic nitrogens is 4. The molecule has 0 bridgehead atoms. The summed E-state index contributed by atoms with van der Waals surface area (Å²) in [6.07, 6.45) is 0. The SMILES string of the molecule is O=C(O)CSc1ccc2nnc(-c3cc4ccccc4o3)n2n1. The molecule has 0 fully saturated rings. The average molecular weight is 326 g/mol. The van der Waals surface area contributed by atoms with E-state index in [9.17, 15) is 4.79 Å². The summed E-state index contributed by atoms with van der Waals surface area (Å²) in [5, 5.41) is 22.9. The highest BCUT2D eigenvalue weighted by molar-refractivity contribution is 7.99. The van der Waals surface area contributed by atoms with Crippen LogP contribution in [0.2, 0.25) is 0 Å². The summed E-state index contributed by atoms with van der Waals surface area (Å²) in [6, 6.07) is 13.0. The molecule has 0 atom stereocenters. The molecule has 4 rings (SSSR count). The number of furan rings is 1. The van der Waals surface area contributed by atoms with Gasteiger partial charge in [0.05, 0.1) is 5.75 Å². The highest BCUT2D eigenvalue weighted by Crippen LogP contribution is 2.27. The summed E-state index contributed by atoms with van der Waals surface area (Å²) < 4.78 is 7.35. The van der Waals surface area contributed by atoms with Gasteiger partial charge in [-0.15, -0.1) is 10.2 Å². The third-order valence-electron chi connectivity index (χ3n) is 3.23. The molecule has 0 saturated carbocycles. The van der Waals surface area contributed by atoms with Gasteiger partial charge in [0.1, 0.15) is 10.6 Å². The first-order valence-corrected chi connectivity index (χ1v) is 7.75. The van der Waals surface area contributed by atoms with E-state index in [0.29, 0.717) is 22.3 Å². The molecular formula is C15H10N4O3S. The Morgan fingerprint density at radius 3 is 2.91 bits per heavy atom. The Morgan fingerprint density at radius 2 is 2.09 bits per heavy atom. The molecule has 114 valence electrons. The standard InChI is InChI=1S/C15H10N4O3S/c20-14(21)8-23-13-6-5-12-16-17-15(19(12)18-13)11-7-9-3-1-2-4-10(9)22-11/h1-7H,8H2,(H,20,21). The fourth-order valence-electron chi connectivity index (χ4n) is 2.23. The lowest BCUT2D eigenvalue weighted by atomic mass is 10.2.